The second-order valence-electron chi connectivity index (χ2n) is 7.06. The summed E-state index contributed by atoms with van der Waals surface area (Å²) in [4.78, 5) is 15.6. The molecule has 0 aliphatic rings. The Morgan fingerprint density at radius 2 is 1.00 bits per heavy atom. The summed E-state index contributed by atoms with van der Waals surface area (Å²) in [7, 11) is 0. The maximum atomic E-state index is 6.28. The number of H-pyrrole nitrogens is 2. The number of benzene rings is 3. The number of nitrogens with zero attached hydrogens (tertiary/aromatic N) is 2. The van der Waals surface area contributed by atoms with Gasteiger partial charge in [-0.1, -0.05) is 48.5 Å². The molecule has 5 rings (SSSR count). The normalized spacial score (nSPS) is 12.7. The average Bonchev–Trinajstić information content (AvgIpc) is 3.36. The summed E-state index contributed by atoms with van der Waals surface area (Å²) in [5, 5.41) is 0. The first kappa shape index (κ1) is 17.8. The Morgan fingerprint density at radius 3 is 1.40 bits per heavy atom. The zero-order valence-electron chi connectivity index (χ0n) is 16.1. The van der Waals surface area contributed by atoms with Crippen LogP contribution in [0.15, 0.2) is 72.8 Å². The van der Waals surface area contributed by atoms with Crippen LogP contribution in [0, 0.1) is 0 Å². The second-order valence-corrected chi connectivity index (χ2v) is 7.06. The predicted octanol–water partition coefficient (Wildman–Crippen LogP) is 4.35. The van der Waals surface area contributed by atoms with Crippen molar-refractivity contribution in [3.05, 3.63) is 95.6 Å². The summed E-state index contributed by atoms with van der Waals surface area (Å²) in [6.45, 7) is 0. The predicted molar refractivity (Wildman–Crippen MR) is 123 cm³/mol. The third-order valence-corrected chi connectivity index (χ3v) is 4.95. The van der Waals surface area contributed by atoms with Gasteiger partial charge in [-0.15, -0.1) is 0 Å². The Bertz CT molecular complexity index is 1230. The summed E-state index contributed by atoms with van der Waals surface area (Å²) in [5.41, 5.74) is 19.4. The van der Waals surface area contributed by atoms with Crippen LogP contribution < -0.4 is 11.5 Å². The summed E-state index contributed by atoms with van der Waals surface area (Å²) < 4.78 is 0. The van der Waals surface area contributed by atoms with Crippen LogP contribution in [0.25, 0.3) is 45.6 Å². The summed E-state index contributed by atoms with van der Waals surface area (Å²) >= 11 is 0. The van der Waals surface area contributed by atoms with Crippen molar-refractivity contribution in [3.63, 3.8) is 0 Å². The van der Waals surface area contributed by atoms with Gasteiger partial charge in [0.25, 0.3) is 0 Å². The van der Waals surface area contributed by atoms with Gasteiger partial charge in [-0.2, -0.15) is 0 Å². The van der Waals surface area contributed by atoms with Crippen molar-refractivity contribution in [3.8, 4) is 0 Å². The van der Waals surface area contributed by atoms with Gasteiger partial charge in [-0.3, -0.25) is 0 Å². The smallest absolute Gasteiger partial charge is 0.133 e. The van der Waals surface area contributed by atoms with Gasteiger partial charge in [0.2, 0.25) is 0 Å². The van der Waals surface area contributed by atoms with Gasteiger partial charge in [0.1, 0.15) is 11.6 Å². The van der Waals surface area contributed by atoms with E-state index in [1.807, 2.05) is 84.9 Å². The minimum Gasteiger partial charge on any atom is -0.398 e. The molecule has 146 valence electrons. The van der Waals surface area contributed by atoms with Crippen LogP contribution in [-0.2, 0) is 0 Å². The summed E-state index contributed by atoms with van der Waals surface area (Å²) in [6.07, 6.45) is 3.67. The first-order chi connectivity index (χ1) is 14.7. The van der Waals surface area contributed by atoms with Crippen LogP contribution in [0.1, 0.15) is 22.8 Å². The van der Waals surface area contributed by atoms with Crippen LogP contribution in [0.3, 0.4) is 0 Å². The molecule has 0 bridgehead atoms. The van der Waals surface area contributed by atoms with Crippen LogP contribution in [-0.4, -0.2) is 19.9 Å². The number of imidazole rings is 2. The van der Waals surface area contributed by atoms with E-state index >= 15 is 0 Å². The molecule has 0 saturated heterocycles. The van der Waals surface area contributed by atoms with Crippen molar-refractivity contribution in [2.45, 2.75) is 0 Å². The lowest BCUT2D eigenvalue weighted by Gasteiger charge is -2.05. The van der Waals surface area contributed by atoms with Gasteiger partial charge in [-0.05, 0) is 35.4 Å². The molecule has 6 nitrogen and oxygen atoms in total. The van der Waals surface area contributed by atoms with E-state index in [0.717, 1.165) is 44.8 Å². The molecule has 2 heterocycles. The molecule has 0 aliphatic heterocycles. The molecule has 0 amide bonds. The van der Waals surface area contributed by atoms with E-state index in [1.165, 1.54) is 0 Å². The molecule has 0 atom stereocenters. The molecule has 6 N–H and O–H groups in total. The van der Waals surface area contributed by atoms with Crippen molar-refractivity contribution in [2.24, 2.45) is 11.5 Å². The van der Waals surface area contributed by atoms with E-state index in [9.17, 15) is 0 Å². The monoisotopic (exact) mass is 392 g/mol. The molecular weight excluding hydrogens is 372 g/mol. The number of nitrogens with one attached hydrogen (secondary N) is 2. The molecule has 0 aliphatic carbocycles. The van der Waals surface area contributed by atoms with Gasteiger partial charge in [0.05, 0.1) is 22.1 Å². The Kier molecular flexibility index (Phi) is 4.29. The van der Waals surface area contributed by atoms with E-state index < -0.39 is 0 Å². The van der Waals surface area contributed by atoms with Crippen LogP contribution in [0.2, 0.25) is 0 Å². The highest BCUT2D eigenvalue weighted by Crippen LogP contribution is 2.19. The van der Waals surface area contributed by atoms with Gasteiger partial charge in [0.15, 0.2) is 0 Å². The first-order valence-electron chi connectivity index (χ1n) is 9.60. The minimum absolute atomic E-state index is 0.625. The number of rotatable bonds is 4. The Morgan fingerprint density at radius 1 is 0.600 bits per heavy atom. The second kappa shape index (κ2) is 7.25. The Hall–Kier alpha value is -4.32. The van der Waals surface area contributed by atoms with Crippen molar-refractivity contribution >= 4 is 45.6 Å². The summed E-state index contributed by atoms with van der Waals surface area (Å²) in [5.74, 6) is 1.45. The number of fused-ring (bicyclic) bond motifs is 2. The van der Waals surface area contributed by atoms with Gasteiger partial charge in [0, 0.05) is 23.5 Å². The number of nitrogens with two attached hydrogens (primary N) is 2. The average molecular weight is 392 g/mol. The molecule has 30 heavy (non-hydrogen) atoms. The number of para-hydroxylation sites is 4. The zero-order chi connectivity index (χ0) is 20.5. The molecule has 0 unspecified atom stereocenters. The molecule has 0 saturated carbocycles. The van der Waals surface area contributed by atoms with Gasteiger partial charge >= 0.3 is 0 Å². The van der Waals surface area contributed by atoms with Crippen LogP contribution in [0.4, 0.5) is 0 Å². The van der Waals surface area contributed by atoms with E-state index in [2.05, 4.69) is 19.9 Å². The maximum absolute atomic E-state index is 6.28. The first-order valence-corrected chi connectivity index (χ1v) is 9.60. The maximum Gasteiger partial charge on any atom is 0.133 e. The molecule has 2 aromatic heterocycles. The molecule has 3 aromatic carbocycles. The van der Waals surface area contributed by atoms with Crippen LogP contribution in [0.5, 0.6) is 0 Å². The number of hydrogen-bond donors (Lipinski definition) is 4. The molecule has 0 radical (unpaired) electrons. The topological polar surface area (TPSA) is 109 Å². The quantitative estimate of drug-likeness (QED) is 0.364. The molecule has 0 spiro atoms. The standard InChI is InChI=1S/C24H20N6/c25-17(13-23-27-19-5-1-2-6-20(19)28-23)15-9-11-16(12-10-15)18(26)14-24-29-21-7-3-4-8-22(21)30-24/h1-14H,25-26H2,(H,27,28)(H,29,30)/b17-13-,18-14-. The third kappa shape index (κ3) is 3.42. The number of aromatic nitrogens is 4. The van der Waals surface area contributed by atoms with Gasteiger partial charge in [-0.25, -0.2) is 9.97 Å². The van der Waals surface area contributed by atoms with Crippen molar-refractivity contribution in [1.29, 1.82) is 0 Å². The fourth-order valence-corrected chi connectivity index (χ4v) is 3.40. The molecular formula is C24H20N6. The lowest BCUT2D eigenvalue weighted by atomic mass is 10.1. The van der Waals surface area contributed by atoms with E-state index in [0.29, 0.717) is 11.4 Å². The Labute approximate surface area is 173 Å². The lowest BCUT2D eigenvalue weighted by molar-refractivity contribution is 1.29. The van der Waals surface area contributed by atoms with Crippen molar-refractivity contribution in [1.82, 2.24) is 19.9 Å². The molecule has 5 aromatic rings. The van der Waals surface area contributed by atoms with Gasteiger partial charge < -0.3 is 21.4 Å². The van der Waals surface area contributed by atoms with Crippen molar-refractivity contribution < 1.29 is 0 Å². The molecule has 0 fully saturated rings. The highest BCUT2D eigenvalue weighted by Gasteiger charge is 2.05. The molecule has 6 heteroatoms. The minimum atomic E-state index is 0.625. The number of hydrogen-bond acceptors (Lipinski definition) is 4. The van der Waals surface area contributed by atoms with E-state index in [4.69, 9.17) is 11.5 Å². The van der Waals surface area contributed by atoms with E-state index in [-0.39, 0.29) is 0 Å². The Balaban J connectivity index is 1.38. The fourth-order valence-electron chi connectivity index (χ4n) is 3.40. The number of aromatic amines is 2. The largest absolute Gasteiger partial charge is 0.398 e. The fraction of sp³-hybridized carbons (Fsp3) is 0. The lowest BCUT2D eigenvalue weighted by Crippen LogP contribution is -1.99. The third-order valence-electron chi connectivity index (χ3n) is 4.95. The van der Waals surface area contributed by atoms with E-state index in [1.54, 1.807) is 0 Å². The van der Waals surface area contributed by atoms with Crippen LogP contribution >= 0.6 is 0 Å². The highest BCUT2D eigenvalue weighted by atomic mass is 14.9. The zero-order valence-corrected chi connectivity index (χ0v) is 16.1. The summed E-state index contributed by atoms with van der Waals surface area (Å²) in [6, 6.07) is 23.6. The SMILES string of the molecule is N/C(=C\c1nc2ccccc2[nH]1)c1ccc(/C(N)=C/c2nc3ccccc3[nH]2)cc1. The highest BCUT2D eigenvalue weighted by molar-refractivity contribution is 5.85. The van der Waals surface area contributed by atoms with Crippen molar-refractivity contribution in [2.75, 3.05) is 0 Å².